The number of nitrogens with two attached hydrogens (primary N) is 1. The minimum Gasteiger partial charge on any atom is -0.399 e. The Bertz CT molecular complexity index is 513. The lowest BCUT2D eigenvalue weighted by Gasteiger charge is -2.06. The number of hydrogen-bond donors (Lipinski definition) is 2. The average Bonchev–Trinajstić information content (AvgIpc) is 2.49. The molecule has 0 aliphatic rings. The Hall–Kier alpha value is -2.05. The highest BCUT2D eigenvalue weighted by Gasteiger charge is 2.36. The molecule has 128 valence electrons. The predicted molar refractivity (Wildman–Crippen MR) is 81.5 cm³/mol. The van der Waals surface area contributed by atoms with E-state index in [4.69, 9.17) is 5.73 Å². The number of carbonyl (C=O) groups is 2. The zero-order valence-corrected chi connectivity index (χ0v) is 12.8. The third-order valence-electron chi connectivity index (χ3n) is 3.34. The Kier molecular flexibility index (Phi) is 7.57. The Labute approximate surface area is 133 Å². The highest BCUT2D eigenvalue weighted by Crippen LogP contribution is 2.19. The fourth-order valence-electron chi connectivity index (χ4n) is 1.99. The van der Waals surface area contributed by atoms with Gasteiger partial charge in [0.15, 0.2) is 0 Å². The lowest BCUT2D eigenvalue weighted by atomic mass is 10.1. The monoisotopic (exact) mass is 330 g/mol. The van der Waals surface area contributed by atoms with Gasteiger partial charge in [-0.15, -0.1) is 0 Å². The number of ketones is 1. The van der Waals surface area contributed by atoms with Crippen molar-refractivity contribution in [3.8, 4) is 0 Å². The van der Waals surface area contributed by atoms with Gasteiger partial charge in [-0.25, -0.2) is 0 Å². The second-order valence-electron chi connectivity index (χ2n) is 5.35. The number of alkyl halides is 3. The van der Waals surface area contributed by atoms with Crippen LogP contribution in [0.15, 0.2) is 24.3 Å². The van der Waals surface area contributed by atoms with E-state index in [0.717, 1.165) is 5.56 Å². The maximum Gasteiger partial charge on any atom is 0.449 e. The standard InChI is InChI=1S/C16H21F3N2O2/c17-16(18,19)14(22)5-3-1-2-4-6-15(23)21-11-12-7-9-13(20)10-8-12/h7-10H,1-6,11,20H2,(H,21,23). The molecule has 0 atom stereocenters. The van der Waals surface area contributed by atoms with Crippen LogP contribution in [0.25, 0.3) is 0 Å². The zero-order chi connectivity index (χ0) is 17.3. The maximum absolute atomic E-state index is 12.0. The molecule has 1 amide bonds. The van der Waals surface area contributed by atoms with Gasteiger partial charge in [0, 0.05) is 25.1 Å². The van der Waals surface area contributed by atoms with Gasteiger partial charge >= 0.3 is 6.18 Å². The van der Waals surface area contributed by atoms with Crippen LogP contribution in [0.3, 0.4) is 0 Å². The first kappa shape index (κ1) is 19.0. The fourth-order valence-corrected chi connectivity index (χ4v) is 1.99. The van der Waals surface area contributed by atoms with Crippen LogP contribution < -0.4 is 11.1 Å². The molecule has 1 aromatic rings. The number of rotatable bonds is 9. The van der Waals surface area contributed by atoms with Gasteiger partial charge in [0.1, 0.15) is 0 Å². The molecule has 0 saturated carbocycles. The van der Waals surface area contributed by atoms with Crippen molar-refractivity contribution in [1.82, 2.24) is 5.32 Å². The summed E-state index contributed by atoms with van der Waals surface area (Å²) in [5, 5.41) is 2.76. The number of hydrogen-bond acceptors (Lipinski definition) is 3. The molecule has 7 heteroatoms. The van der Waals surface area contributed by atoms with Crippen LogP contribution in [0.4, 0.5) is 18.9 Å². The summed E-state index contributed by atoms with van der Waals surface area (Å²) in [4.78, 5) is 22.3. The van der Waals surface area contributed by atoms with Crippen LogP contribution >= 0.6 is 0 Å². The summed E-state index contributed by atoms with van der Waals surface area (Å²) in [7, 11) is 0. The summed E-state index contributed by atoms with van der Waals surface area (Å²) in [6.07, 6.45) is -2.97. The zero-order valence-electron chi connectivity index (χ0n) is 12.8. The molecule has 1 aromatic carbocycles. The van der Waals surface area contributed by atoms with Crippen molar-refractivity contribution in [2.75, 3.05) is 5.73 Å². The molecule has 0 bridgehead atoms. The van der Waals surface area contributed by atoms with E-state index in [9.17, 15) is 22.8 Å². The smallest absolute Gasteiger partial charge is 0.399 e. The Balaban J connectivity index is 2.06. The van der Waals surface area contributed by atoms with Crippen molar-refractivity contribution in [3.05, 3.63) is 29.8 Å². The minimum atomic E-state index is -4.73. The fraction of sp³-hybridized carbons (Fsp3) is 0.500. The molecular weight excluding hydrogens is 309 g/mol. The van der Waals surface area contributed by atoms with E-state index >= 15 is 0 Å². The Morgan fingerprint density at radius 3 is 2.09 bits per heavy atom. The number of benzene rings is 1. The topological polar surface area (TPSA) is 72.2 Å². The van der Waals surface area contributed by atoms with Crippen LogP contribution in [0.2, 0.25) is 0 Å². The number of nitrogens with one attached hydrogen (secondary N) is 1. The second-order valence-corrected chi connectivity index (χ2v) is 5.35. The Morgan fingerprint density at radius 1 is 0.957 bits per heavy atom. The summed E-state index contributed by atoms with van der Waals surface area (Å²) < 4.78 is 35.9. The normalized spacial score (nSPS) is 11.3. The van der Waals surface area contributed by atoms with E-state index in [1.807, 2.05) is 12.1 Å². The molecule has 23 heavy (non-hydrogen) atoms. The first-order chi connectivity index (χ1) is 10.8. The second kappa shape index (κ2) is 9.17. The summed E-state index contributed by atoms with van der Waals surface area (Å²) in [5.41, 5.74) is 7.16. The molecule has 0 fully saturated rings. The molecular formula is C16H21F3N2O2. The minimum absolute atomic E-state index is 0.104. The van der Waals surface area contributed by atoms with E-state index in [1.54, 1.807) is 12.1 Å². The molecule has 0 saturated heterocycles. The predicted octanol–water partition coefficient (Wildman–Crippen LogP) is 3.36. The van der Waals surface area contributed by atoms with Gasteiger partial charge < -0.3 is 11.1 Å². The highest BCUT2D eigenvalue weighted by molar-refractivity contribution is 5.83. The number of halogens is 3. The van der Waals surface area contributed by atoms with E-state index in [1.165, 1.54) is 0 Å². The number of amides is 1. The molecule has 0 radical (unpaired) electrons. The summed E-state index contributed by atoms with van der Waals surface area (Å²) >= 11 is 0. The molecule has 4 nitrogen and oxygen atoms in total. The summed E-state index contributed by atoms with van der Waals surface area (Å²) in [6, 6.07) is 7.16. The number of unbranched alkanes of at least 4 members (excludes halogenated alkanes) is 3. The highest BCUT2D eigenvalue weighted by atomic mass is 19.4. The number of anilines is 1. The van der Waals surface area contributed by atoms with Gasteiger partial charge in [0.25, 0.3) is 0 Å². The van der Waals surface area contributed by atoms with Gasteiger partial charge in [0.2, 0.25) is 11.7 Å². The van der Waals surface area contributed by atoms with E-state index in [2.05, 4.69) is 5.32 Å². The van der Waals surface area contributed by atoms with Crippen LogP contribution in [0.5, 0.6) is 0 Å². The first-order valence-electron chi connectivity index (χ1n) is 7.50. The van der Waals surface area contributed by atoms with E-state index < -0.39 is 18.4 Å². The Morgan fingerprint density at radius 2 is 1.52 bits per heavy atom. The van der Waals surface area contributed by atoms with E-state index in [-0.39, 0.29) is 12.3 Å². The van der Waals surface area contributed by atoms with Crippen molar-refractivity contribution < 1.29 is 22.8 Å². The first-order valence-corrected chi connectivity index (χ1v) is 7.50. The third-order valence-corrected chi connectivity index (χ3v) is 3.34. The van der Waals surface area contributed by atoms with Gasteiger partial charge in [0.05, 0.1) is 0 Å². The quantitative estimate of drug-likeness (QED) is 0.539. The largest absolute Gasteiger partial charge is 0.449 e. The van der Waals surface area contributed by atoms with Gasteiger partial charge in [-0.3, -0.25) is 9.59 Å². The molecule has 0 aromatic heterocycles. The van der Waals surface area contributed by atoms with Gasteiger partial charge in [-0.1, -0.05) is 25.0 Å². The van der Waals surface area contributed by atoms with Crippen molar-refractivity contribution in [2.45, 2.75) is 51.2 Å². The number of carbonyl (C=O) groups excluding carboxylic acids is 2. The lowest BCUT2D eigenvalue weighted by molar-refractivity contribution is -0.171. The van der Waals surface area contributed by atoms with Crippen LogP contribution in [0, 0.1) is 0 Å². The molecule has 0 unspecified atom stereocenters. The number of Topliss-reactive ketones (excluding diaryl/α,β-unsaturated/α-hetero) is 1. The molecule has 3 N–H and O–H groups in total. The van der Waals surface area contributed by atoms with Gasteiger partial charge in [-0.05, 0) is 30.5 Å². The molecule has 0 aliphatic heterocycles. The molecule has 0 aliphatic carbocycles. The van der Waals surface area contributed by atoms with Crippen molar-refractivity contribution >= 4 is 17.4 Å². The van der Waals surface area contributed by atoms with Gasteiger partial charge in [-0.2, -0.15) is 13.2 Å². The third kappa shape index (κ3) is 8.23. The molecule has 1 rings (SSSR count). The molecule has 0 spiro atoms. The maximum atomic E-state index is 12.0. The average molecular weight is 330 g/mol. The van der Waals surface area contributed by atoms with Crippen LogP contribution in [-0.2, 0) is 16.1 Å². The van der Waals surface area contributed by atoms with Crippen molar-refractivity contribution in [1.29, 1.82) is 0 Å². The lowest BCUT2D eigenvalue weighted by Crippen LogP contribution is -2.22. The summed E-state index contributed by atoms with van der Waals surface area (Å²) in [5.74, 6) is -1.79. The van der Waals surface area contributed by atoms with Crippen molar-refractivity contribution in [2.24, 2.45) is 0 Å². The number of nitrogen functional groups attached to an aromatic ring is 1. The summed E-state index contributed by atoms with van der Waals surface area (Å²) in [6.45, 7) is 0.416. The van der Waals surface area contributed by atoms with Crippen molar-refractivity contribution in [3.63, 3.8) is 0 Å². The van der Waals surface area contributed by atoms with Crippen LogP contribution in [-0.4, -0.2) is 17.9 Å². The van der Waals surface area contributed by atoms with E-state index in [0.29, 0.717) is 37.9 Å². The van der Waals surface area contributed by atoms with Crippen LogP contribution in [0.1, 0.15) is 44.1 Å². The molecule has 0 heterocycles. The SMILES string of the molecule is Nc1ccc(CNC(=O)CCCCCCC(=O)C(F)(F)F)cc1.